The molecule has 3 atom stereocenters. The monoisotopic (exact) mass is 510 g/mol. The topological polar surface area (TPSA) is 62.6 Å². The SMILES string of the molecule is CCCCCC(=O)N1c2ccccc2NC2=C[C@H](c3ccc(C(C)(C)C)cc3)CC(=O)[C@H]2[C@H]1c1ccco1. The Labute approximate surface area is 225 Å². The molecule has 1 aliphatic heterocycles. The number of nitrogens with zero attached hydrogens (tertiary/aromatic N) is 1. The van der Waals surface area contributed by atoms with E-state index < -0.39 is 12.0 Å². The van der Waals surface area contributed by atoms with Gasteiger partial charge in [0.25, 0.3) is 0 Å². The lowest BCUT2D eigenvalue weighted by molar-refractivity contribution is -0.124. The van der Waals surface area contributed by atoms with Gasteiger partial charge in [0.15, 0.2) is 0 Å². The van der Waals surface area contributed by atoms with Crippen molar-refractivity contribution in [1.82, 2.24) is 0 Å². The van der Waals surface area contributed by atoms with Crippen molar-refractivity contribution in [3.05, 3.63) is 95.6 Å². The van der Waals surface area contributed by atoms with Crippen LogP contribution in [0.2, 0.25) is 0 Å². The fourth-order valence-corrected chi connectivity index (χ4v) is 5.74. The van der Waals surface area contributed by atoms with Gasteiger partial charge < -0.3 is 9.73 Å². The highest BCUT2D eigenvalue weighted by Gasteiger charge is 2.46. The van der Waals surface area contributed by atoms with Gasteiger partial charge in [-0.2, -0.15) is 0 Å². The average Bonchev–Trinajstić information content (AvgIpc) is 3.38. The van der Waals surface area contributed by atoms with E-state index in [1.165, 1.54) is 5.56 Å². The molecule has 0 saturated heterocycles. The van der Waals surface area contributed by atoms with Crippen molar-refractivity contribution in [2.24, 2.45) is 5.92 Å². The fourth-order valence-electron chi connectivity index (χ4n) is 5.74. The number of ketones is 1. The number of rotatable bonds is 6. The molecule has 1 amide bonds. The molecule has 0 spiro atoms. The maximum Gasteiger partial charge on any atom is 0.227 e. The maximum atomic E-state index is 14.0. The Hall–Kier alpha value is -3.60. The summed E-state index contributed by atoms with van der Waals surface area (Å²) in [4.78, 5) is 29.6. The van der Waals surface area contributed by atoms with Crippen molar-refractivity contribution in [2.45, 2.75) is 77.2 Å². The molecule has 5 nitrogen and oxygen atoms in total. The van der Waals surface area contributed by atoms with Crippen LogP contribution in [0.3, 0.4) is 0 Å². The molecule has 0 unspecified atom stereocenters. The summed E-state index contributed by atoms with van der Waals surface area (Å²) in [5, 5.41) is 3.58. The van der Waals surface area contributed by atoms with Gasteiger partial charge in [0.1, 0.15) is 17.6 Å². The molecule has 198 valence electrons. The lowest BCUT2D eigenvalue weighted by Crippen LogP contribution is -2.42. The predicted octanol–water partition coefficient (Wildman–Crippen LogP) is 7.91. The van der Waals surface area contributed by atoms with Crippen LogP contribution in [0.25, 0.3) is 0 Å². The van der Waals surface area contributed by atoms with Gasteiger partial charge in [0.2, 0.25) is 5.91 Å². The molecule has 1 N–H and O–H groups in total. The van der Waals surface area contributed by atoms with E-state index in [1.54, 1.807) is 6.26 Å². The third-order valence-electron chi connectivity index (χ3n) is 7.82. The number of benzene rings is 2. The minimum Gasteiger partial charge on any atom is -0.467 e. The summed E-state index contributed by atoms with van der Waals surface area (Å²) in [6.07, 6.45) is 7.48. The van der Waals surface area contributed by atoms with E-state index in [9.17, 15) is 9.59 Å². The number of Topliss-reactive ketones (excluding diaryl/α,β-unsaturated/α-hetero) is 1. The molecular weight excluding hydrogens is 472 g/mol. The highest BCUT2D eigenvalue weighted by atomic mass is 16.3. The van der Waals surface area contributed by atoms with E-state index >= 15 is 0 Å². The summed E-state index contributed by atoms with van der Waals surface area (Å²) in [7, 11) is 0. The molecule has 5 rings (SSSR count). The number of carbonyl (C=O) groups is 2. The van der Waals surface area contributed by atoms with E-state index in [2.05, 4.69) is 63.4 Å². The molecule has 38 heavy (non-hydrogen) atoms. The van der Waals surface area contributed by atoms with E-state index in [4.69, 9.17) is 4.42 Å². The Morgan fingerprint density at radius 1 is 1.03 bits per heavy atom. The van der Waals surface area contributed by atoms with E-state index in [0.717, 1.165) is 41.9 Å². The van der Waals surface area contributed by atoms with Gasteiger partial charge in [-0.3, -0.25) is 14.5 Å². The van der Waals surface area contributed by atoms with E-state index in [-0.39, 0.29) is 23.0 Å². The summed E-state index contributed by atoms with van der Waals surface area (Å²) in [6.45, 7) is 8.74. The summed E-state index contributed by atoms with van der Waals surface area (Å²) in [5.41, 5.74) is 4.91. The molecule has 2 aliphatic rings. The molecule has 5 heteroatoms. The van der Waals surface area contributed by atoms with Gasteiger partial charge in [0.05, 0.1) is 23.6 Å². The molecule has 1 aliphatic carbocycles. The van der Waals surface area contributed by atoms with Crippen LogP contribution < -0.4 is 10.2 Å². The van der Waals surface area contributed by atoms with Crippen LogP contribution in [-0.2, 0) is 15.0 Å². The zero-order chi connectivity index (χ0) is 26.9. The number of hydrogen-bond acceptors (Lipinski definition) is 4. The lowest BCUT2D eigenvalue weighted by Gasteiger charge is -2.36. The number of nitrogens with one attached hydrogen (secondary N) is 1. The van der Waals surface area contributed by atoms with Gasteiger partial charge in [-0.05, 0) is 47.2 Å². The first kappa shape index (κ1) is 26.0. The van der Waals surface area contributed by atoms with Crippen molar-refractivity contribution in [3.63, 3.8) is 0 Å². The Kier molecular flexibility index (Phi) is 7.29. The van der Waals surface area contributed by atoms with Gasteiger partial charge >= 0.3 is 0 Å². The molecule has 0 bridgehead atoms. The number of amides is 1. The van der Waals surface area contributed by atoms with Crippen molar-refractivity contribution in [3.8, 4) is 0 Å². The number of furan rings is 1. The van der Waals surface area contributed by atoms with Crippen LogP contribution in [-0.4, -0.2) is 11.7 Å². The first-order valence-electron chi connectivity index (χ1n) is 13.8. The van der Waals surface area contributed by atoms with E-state index in [1.807, 2.05) is 41.3 Å². The number of allylic oxidation sites excluding steroid dienone is 1. The van der Waals surface area contributed by atoms with E-state index in [0.29, 0.717) is 18.6 Å². The number of carbonyl (C=O) groups excluding carboxylic acids is 2. The van der Waals surface area contributed by atoms with Gasteiger partial charge in [0, 0.05) is 24.5 Å². The summed E-state index contributed by atoms with van der Waals surface area (Å²) >= 11 is 0. The second-order valence-corrected chi connectivity index (χ2v) is 11.6. The standard InChI is InChI=1S/C33H38N2O3/c1-5-6-7-14-30(37)35-27-12-9-8-11-25(27)34-26-20-23(22-15-17-24(18-16-22)33(2,3)4)21-28(36)31(26)32(35)29-13-10-19-38-29/h8-13,15-20,23,31-32,34H,5-7,14,21H2,1-4H3/t23-,31-,32+/m0/s1. The average molecular weight is 511 g/mol. The first-order valence-corrected chi connectivity index (χ1v) is 13.8. The van der Waals surface area contributed by atoms with Crippen LogP contribution in [0.15, 0.2) is 83.1 Å². The first-order chi connectivity index (χ1) is 18.3. The summed E-state index contributed by atoms with van der Waals surface area (Å²) < 4.78 is 5.90. The quantitative estimate of drug-likeness (QED) is 0.342. The molecule has 0 fully saturated rings. The summed E-state index contributed by atoms with van der Waals surface area (Å²) in [5.74, 6) is 0.188. The Morgan fingerprint density at radius 3 is 2.47 bits per heavy atom. The zero-order valence-corrected chi connectivity index (χ0v) is 22.9. The minimum absolute atomic E-state index is 0.0167. The summed E-state index contributed by atoms with van der Waals surface area (Å²) in [6, 6.07) is 19.6. The Bertz CT molecular complexity index is 1320. The molecule has 3 aromatic rings. The third-order valence-corrected chi connectivity index (χ3v) is 7.82. The molecular formula is C33H38N2O3. The van der Waals surface area contributed by atoms with Crippen LogP contribution in [0.1, 0.15) is 88.6 Å². The molecule has 2 heterocycles. The number of anilines is 2. The molecule has 1 aromatic heterocycles. The molecule has 0 saturated carbocycles. The number of fused-ring (bicyclic) bond motifs is 2. The molecule has 2 aromatic carbocycles. The van der Waals surface area contributed by atoms with Gasteiger partial charge in [-0.15, -0.1) is 0 Å². The third kappa shape index (κ3) is 5.07. The van der Waals surface area contributed by atoms with Crippen LogP contribution in [0.4, 0.5) is 11.4 Å². The highest BCUT2D eigenvalue weighted by molar-refractivity contribution is 6.01. The number of unbranched alkanes of at least 4 members (excludes halogenated alkanes) is 2. The van der Waals surface area contributed by atoms with Crippen molar-refractivity contribution < 1.29 is 14.0 Å². The fraction of sp³-hybridized carbons (Fsp3) is 0.394. The second kappa shape index (κ2) is 10.6. The number of para-hydroxylation sites is 2. The van der Waals surface area contributed by atoms with Crippen molar-refractivity contribution >= 4 is 23.1 Å². The van der Waals surface area contributed by atoms with Crippen LogP contribution >= 0.6 is 0 Å². The van der Waals surface area contributed by atoms with Gasteiger partial charge in [-0.25, -0.2) is 0 Å². The number of hydrogen-bond donors (Lipinski definition) is 1. The van der Waals surface area contributed by atoms with Gasteiger partial charge in [-0.1, -0.05) is 83.0 Å². The maximum absolute atomic E-state index is 14.0. The Balaban J connectivity index is 1.59. The smallest absolute Gasteiger partial charge is 0.227 e. The van der Waals surface area contributed by atoms with Crippen molar-refractivity contribution in [2.75, 3.05) is 10.2 Å². The van der Waals surface area contributed by atoms with Crippen molar-refractivity contribution in [1.29, 1.82) is 0 Å². The zero-order valence-electron chi connectivity index (χ0n) is 22.9. The largest absolute Gasteiger partial charge is 0.467 e. The normalized spacial score (nSPS) is 21.2. The Morgan fingerprint density at radius 2 is 1.79 bits per heavy atom. The minimum atomic E-state index is -0.543. The van der Waals surface area contributed by atoms with Crippen LogP contribution in [0, 0.1) is 5.92 Å². The lowest BCUT2D eigenvalue weighted by atomic mass is 9.76. The highest BCUT2D eigenvalue weighted by Crippen LogP contribution is 2.48. The molecule has 0 radical (unpaired) electrons. The predicted molar refractivity (Wildman–Crippen MR) is 152 cm³/mol. The second-order valence-electron chi connectivity index (χ2n) is 11.6. The van der Waals surface area contributed by atoms with Crippen LogP contribution in [0.5, 0.6) is 0 Å².